The number of aryl methyl sites for hydroxylation is 1. The van der Waals surface area contributed by atoms with Crippen molar-refractivity contribution >= 4 is 5.57 Å². The van der Waals surface area contributed by atoms with E-state index in [4.69, 9.17) is 0 Å². The summed E-state index contributed by atoms with van der Waals surface area (Å²) in [5, 5.41) is 11.6. The summed E-state index contributed by atoms with van der Waals surface area (Å²) in [6.07, 6.45) is 6.21. The van der Waals surface area contributed by atoms with Crippen LogP contribution in [0.3, 0.4) is 0 Å². The highest BCUT2D eigenvalue weighted by molar-refractivity contribution is 5.59. The average molecular weight is 250 g/mol. The molecule has 0 bridgehead atoms. The van der Waals surface area contributed by atoms with Gasteiger partial charge in [0.15, 0.2) is 0 Å². The minimum atomic E-state index is 0.188. The summed E-state index contributed by atoms with van der Waals surface area (Å²) in [4.78, 5) is 0. The first-order valence-electron chi connectivity index (χ1n) is 6.74. The Morgan fingerprint density at radius 2 is 2.17 bits per heavy atom. The first kappa shape index (κ1) is 14.9. The average Bonchev–Trinajstić information content (AvgIpc) is 2.71. The van der Waals surface area contributed by atoms with Gasteiger partial charge in [-0.1, -0.05) is 18.2 Å². The maximum absolute atomic E-state index is 4.10. The van der Waals surface area contributed by atoms with E-state index in [9.17, 15) is 0 Å². The monoisotopic (exact) mass is 250 g/mol. The van der Waals surface area contributed by atoms with Crippen LogP contribution >= 0.6 is 0 Å². The van der Waals surface area contributed by atoms with Crippen LogP contribution in [0.25, 0.3) is 5.57 Å². The lowest BCUT2D eigenvalue weighted by atomic mass is 10.1. The van der Waals surface area contributed by atoms with E-state index in [0.717, 1.165) is 31.6 Å². The first-order valence-corrected chi connectivity index (χ1v) is 6.74. The summed E-state index contributed by atoms with van der Waals surface area (Å²) in [5.74, 6) is 0. The predicted octanol–water partition coefficient (Wildman–Crippen LogP) is 2.87. The van der Waals surface area contributed by atoms with Crippen LogP contribution in [0.2, 0.25) is 0 Å². The van der Waals surface area contributed by atoms with E-state index in [-0.39, 0.29) is 5.54 Å². The molecule has 1 aromatic heterocycles. The van der Waals surface area contributed by atoms with Crippen molar-refractivity contribution in [3.63, 3.8) is 0 Å². The van der Waals surface area contributed by atoms with E-state index in [0.29, 0.717) is 0 Å². The molecule has 0 unspecified atom stereocenters. The largest absolute Gasteiger partial charge is 0.312 e. The Morgan fingerprint density at radius 3 is 2.78 bits per heavy atom. The molecule has 0 amide bonds. The Balaban J connectivity index is 2.52. The van der Waals surface area contributed by atoms with E-state index in [1.807, 2.05) is 10.9 Å². The Bertz CT molecular complexity index is 385. The van der Waals surface area contributed by atoms with Gasteiger partial charge in [-0.2, -0.15) is 0 Å². The van der Waals surface area contributed by atoms with Crippen LogP contribution in [0.1, 0.15) is 53.2 Å². The van der Waals surface area contributed by atoms with Crippen LogP contribution < -0.4 is 5.32 Å². The summed E-state index contributed by atoms with van der Waals surface area (Å²) >= 11 is 0. The molecule has 1 aromatic rings. The molecule has 0 aliphatic rings. The minimum Gasteiger partial charge on any atom is -0.312 e. The van der Waals surface area contributed by atoms with E-state index < -0.39 is 0 Å². The zero-order chi connectivity index (χ0) is 13.6. The molecule has 0 aliphatic carbocycles. The van der Waals surface area contributed by atoms with Crippen LogP contribution in [-0.2, 0) is 6.54 Å². The van der Waals surface area contributed by atoms with Crippen molar-refractivity contribution in [3.05, 3.63) is 18.0 Å². The quantitative estimate of drug-likeness (QED) is 0.789. The Labute approximate surface area is 110 Å². The Kier molecular flexibility index (Phi) is 5.54. The molecule has 4 heteroatoms. The van der Waals surface area contributed by atoms with Crippen LogP contribution in [-0.4, -0.2) is 27.1 Å². The van der Waals surface area contributed by atoms with Gasteiger partial charge in [-0.25, -0.2) is 4.68 Å². The van der Waals surface area contributed by atoms with Gasteiger partial charge in [0.2, 0.25) is 0 Å². The molecule has 0 radical (unpaired) electrons. The Hall–Kier alpha value is -1.16. The number of allylic oxidation sites excluding steroid dienone is 1. The van der Waals surface area contributed by atoms with Crippen molar-refractivity contribution in [1.29, 1.82) is 0 Å². The molecular formula is C14H26N4. The van der Waals surface area contributed by atoms with Crippen molar-refractivity contribution in [2.24, 2.45) is 0 Å². The molecule has 0 aliphatic heterocycles. The van der Waals surface area contributed by atoms with Crippen LogP contribution in [0.5, 0.6) is 0 Å². The van der Waals surface area contributed by atoms with Gasteiger partial charge in [-0.15, -0.1) is 5.10 Å². The molecule has 102 valence electrons. The van der Waals surface area contributed by atoms with Crippen LogP contribution in [0, 0.1) is 0 Å². The number of nitrogens with one attached hydrogen (secondary N) is 1. The van der Waals surface area contributed by atoms with Gasteiger partial charge in [0.05, 0.1) is 11.9 Å². The number of hydrogen-bond donors (Lipinski definition) is 1. The van der Waals surface area contributed by atoms with Crippen LogP contribution in [0.15, 0.2) is 12.3 Å². The lowest BCUT2D eigenvalue weighted by Gasteiger charge is -2.19. The van der Waals surface area contributed by atoms with Crippen molar-refractivity contribution in [2.45, 2.75) is 59.5 Å². The van der Waals surface area contributed by atoms with Crippen LogP contribution in [0.4, 0.5) is 0 Å². The number of rotatable bonds is 6. The number of hydrogen-bond acceptors (Lipinski definition) is 3. The second-order valence-electron chi connectivity index (χ2n) is 5.69. The molecule has 1 rings (SSSR count). The van der Waals surface area contributed by atoms with E-state index in [1.165, 1.54) is 5.57 Å². The number of nitrogens with zero attached hydrogens (tertiary/aromatic N) is 3. The molecule has 0 aromatic carbocycles. The molecule has 0 saturated carbocycles. The van der Waals surface area contributed by atoms with Crippen molar-refractivity contribution in [1.82, 2.24) is 20.3 Å². The molecule has 0 saturated heterocycles. The van der Waals surface area contributed by atoms with Gasteiger partial charge in [0, 0.05) is 12.1 Å². The summed E-state index contributed by atoms with van der Waals surface area (Å²) in [6.45, 7) is 12.8. The molecule has 1 N–H and O–H groups in total. The van der Waals surface area contributed by atoms with Gasteiger partial charge < -0.3 is 5.32 Å². The third kappa shape index (κ3) is 5.00. The zero-order valence-electron chi connectivity index (χ0n) is 12.3. The molecule has 4 nitrogen and oxygen atoms in total. The highest BCUT2D eigenvalue weighted by atomic mass is 15.4. The van der Waals surface area contributed by atoms with Gasteiger partial charge >= 0.3 is 0 Å². The summed E-state index contributed by atoms with van der Waals surface area (Å²) in [6, 6.07) is 0. The third-order valence-electron chi connectivity index (χ3n) is 2.71. The highest BCUT2D eigenvalue weighted by Gasteiger charge is 2.07. The first-order chi connectivity index (χ1) is 8.44. The highest BCUT2D eigenvalue weighted by Crippen LogP contribution is 2.13. The molecule has 18 heavy (non-hydrogen) atoms. The van der Waals surface area contributed by atoms with E-state index >= 15 is 0 Å². The molecular weight excluding hydrogens is 224 g/mol. The molecule has 0 fully saturated rings. The van der Waals surface area contributed by atoms with Gasteiger partial charge in [0.25, 0.3) is 0 Å². The van der Waals surface area contributed by atoms with E-state index in [2.05, 4.69) is 56.3 Å². The molecule has 1 heterocycles. The topological polar surface area (TPSA) is 42.7 Å². The minimum absolute atomic E-state index is 0.188. The fourth-order valence-electron chi connectivity index (χ4n) is 1.78. The Morgan fingerprint density at radius 1 is 1.44 bits per heavy atom. The van der Waals surface area contributed by atoms with Crippen molar-refractivity contribution in [2.75, 3.05) is 6.54 Å². The van der Waals surface area contributed by atoms with Crippen molar-refractivity contribution in [3.8, 4) is 0 Å². The fourth-order valence-corrected chi connectivity index (χ4v) is 1.78. The van der Waals surface area contributed by atoms with Gasteiger partial charge in [-0.3, -0.25) is 0 Å². The summed E-state index contributed by atoms with van der Waals surface area (Å²) < 4.78 is 1.98. The lowest BCUT2D eigenvalue weighted by Crippen LogP contribution is -2.36. The second kappa shape index (κ2) is 6.69. The third-order valence-corrected chi connectivity index (χ3v) is 2.71. The molecule has 0 spiro atoms. The van der Waals surface area contributed by atoms with Gasteiger partial charge in [0.1, 0.15) is 0 Å². The lowest BCUT2D eigenvalue weighted by molar-refractivity contribution is 0.431. The maximum Gasteiger partial charge on any atom is 0.0839 e. The van der Waals surface area contributed by atoms with Gasteiger partial charge in [-0.05, 0) is 52.7 Å². The van der Waals surface area contributed by atoms with E-state index in [1.54, 1.807) is 0 Å². The second-order valence-corrected chi connectivity index (χ2v) is 5.69. The zero-order valence-corrected chi connectivity index (χ0v) is 12.3. The maximum atomic E-state index is 4.10. The standard InChI is InChI=1S/C14H26N4/c1-6-10-18-13(11-16-17-18)12(2)8-7-9-15-14(3,4)5/h8,11,15H,6-7,9-10H2,1-5H3/b12-8+. The normalized spacial score (nSPS) is 13.1. The fraction of sp³-hybridized carbons (Fsp3) is 0.714. The SMILES string of the molecule is CCCn1nncc1/C(C)=C/CCNC(C)(C)C. The summed E-state index contributed by atoms with van der Waals surface area (Å²) in [7, 11) is 0. The molecule has 0 atom stereocenters. The predicted molar refractivity (Wildman–Crippen MR) is 76.3 cm³/mol. The smallest absolute Gasteiger partial charge is 0.0839 e. The van der Waals surface area contributed by atoms with Crippen molar-refractivity contribution < 1.29 is 0 Å². The summed E-state index contributed by atoms with van der Waals surface area (Å²) in [5.41, 5.74) is 2.57. The number of aromatic nitrogens is 3.